The van der Waals surface area contributed by atoms with Crippen molar-refractivity contribution in [2.75, 3.05) is 0 Å². The molecule has 0 aliphatic heterocycles. The molecule has 0 atom stereocenters. The number of benzene rings is 1. The summed E-state index contributed by atoms with van der Waals surface area (Å²) in [5, 5.41) is 9.48. The molecular weight excluding hydrogens is 216 g/mol. The Morgan fingerprint density at radius 1 is 1.12 bits per heavy atom. The van der Waals surface area contributed by atoms with Gasteiger partial charge in [-0.15, -0.1) is 0 Å². The lowest BCUT2D eigenvalue weighted by molar-refractivity contribution is 0.439. The number of phenolic OH excluding ortho intramolecular Hbond substituents is 1. The van der Waals surface area contributed by atoms with Gasteiger partial charge in [-0.05, 0) is 38.5 Å². The van der Waals surface area contributed by atoms with Gasteiger partial charge in [-0.2, -0.15) is 0 Å². The highest BCUT2D eigenvalue weighted by Crippen LogP contribution is 2.26. The van der Waals surface area contributed by atoms with Crippen LogP contribution in [0.25, 0.3) is 0 Å². The number of rotatable bonds is 2. The average Bonchev–Trinajstić information content (AvgIpc) is 2.22. The molecule has 0 amide bonds. The van der Waals surface area contributed by atoms with Crippen LogP contribution in [0, 0.1) is 20.8 Å². The number of nitrogens with zero attached hydrogens (tertiary/aromatic N) is 2. The number of ether oxygens (including phenoxy) is 1. The minimum Gasteiger partial charge on any atom is -0.508 e. The fourth-order valence-electron chi connectivity index (χ4n) is 1.51. The quantitative estimate of drug-likeness (QED) is 0.861. The van der Waals surface area contributed by atoms with E-state index in [1.54, 1.807) is 18.3 Å². The van der Waals surface area contributed by atoms with Crippen LogP contribution in [0.1, 0.15) is 17.0 Å². The van der Waals surface area contributed by atoms with Crippen LogP contribution in [0.2, 0.25) is 0 Å². The Morgan fingerprint density at radius 2 is 1.88 bits per heavy atom. The number of hydrogen-bond donors (Lipinski definition) is 1. The summed E-state index contributed by atoms with van der Waals surface area (Å²) in [7, 11) is 0. The second-order valence-electron chi connectivity index (χ2n) is 4.01. The van der Waals surface area contributed by atoms with Gasteiger partial charge in [0.2, 0.25) is 5.88 Å². The van der Waals surface area contributed by atoms with Crippen LogP contribution >= 0.6 is 0 Å². The fourth-order valence-corrected chi connectivity index (χ4v) is 1.51. The van der Waals surface area contributed by atoms with Crippen LogP contribution in [0.3, 0.4) is 0 Å². The highest BCUT2D eigenvalue weighted by atomic mass is 16.5. The Balaban J connectivity index is 2.34. The molecule has 0 aliphatic rings. The van der Waals surface area contributed by atoms with Crippen LogP contribution in [0.4, 0.5) is 0 Å². The summed E-state index contributed by atoms with van der Waals surface area (Å²) in [6.45, 7) is 5.58. The van der Waals surface area contributed by atoms with Crippen LogP contribution in [0.15, 0.2) is 24.4 Å². The van der Waals surface area contributed by atoms with Crippen molar-refractivity contribution < 1.29 is 9.84 Å². The molecule has 0 spiro atoms. The van der Waals surface area contributed by atoms with Gasteiger partial charge in [-0.3, -0.25) is 4.98 Å². The van der Waals surface area contributed by atoms with Crippen molar-refractivity contribution in [3.8, 4) is 17.4 Å². The molecule has 1 aromatic carbocycles. The van der Waals surface area contributed by atoms with Crippen LogP contribution in [0.5, 0.6) is 17.4 Å². The Bertz CT molecular complexity index is 533. The topological polar surface area (TPSA) is 55.2 Å². The summed E-state index contributed by atoms with van der Waals surface area (Å²) >= 11 is 0. The van der Waals surface area contributed by atoms with Crippen LogP contribution in [-0.4, -0.2) is 15.1 Å². The lowest BCUT2D eigenvalue weighted by Gasteiger charge is -2.08. The van der Waals surface area contributed by atoms with E-state index in [9.17, 15) is 5.11 Å². The van der Waals surface area contributed by atoms with E-state index < -0.39 is 0 Å². The maximum atomic E-state index is 9.48. The molecule has 1 heterocycles. The van der Waals surface area contributed by atoms with E-state index in [0.29, 0.717) is 11.6 Å². The normalized spacial score (nSPS) is 10.3. The van der Waals surface area contributed by atoms with Crippen LogP contribution < -0.4 is 4.74 Å². The molecule has 88 valence electrons. The summed E-state index contributed by atoms with van der Waals surface area (Å²) in [4.78, 5) is 8.43. The van der Waals surface area contributed by atoms with E-state index in [0.717, 1.165) is 17.0 Å². The Morgan fingerprint density at radius 3 is 2.59 bits per heavy atom. The lowest BCUT2D eigenvalue weighted by atomic mass is 10.2. The molecule has 4 heteroatoms. The first-order valence-corrected chi connectivity index (χ1v) is 5.33. The smallest absolute Gasteiger partial charge is 0.241 e. The predicted molar refractivity (Wildman–Crippen MR) is 64.4 cm³/mol. The molecule has 2 aromatic rings. The van der Waals surface area contributed by atoms with Gasteiger partial charge >= 0.3 is 0 Å². The molecular formula is C13H14N2O2. The van der Waals surface area contributed by atoms with Crippen molar-refractivity contribution in [2.24, 2.45) is 0 Å². The number of hydrogen-bond acceptors (Lipinski definition) is 4. The molecule has 0 fully saturated rings. The third-order valence-electron chi connectivity index (χ3n) is 2.28. The summed E-state index contributed by atoms with van der Waals surface area (Å²) in [6.07, 6.45) is 1.69. The fraction of sp³-hybridized carbons (Fsp3) is 0.231. The van der Waals surface area contributed by atoms with Crippen molar-refractivity contribution in [2.45, 2.75) is 20.8 Å². The van der Waals surface area contributed by atoms with E-state index in [4.69, 9.17) is 4.74 Å². The van der Waals surface area contributed by atoms with Crippen molar-refractivity contribution >= 4 is 0 Å². The van der Waals surface area contributed by atoms with E-state index >= 15 is 0 Å². The van der Waals surface area contributed by atoms with Crippen molar-refractivity contribution in [3.05, 3.63) is 41.3 Å². The Labute approximate surface area is 99.9 Å². The number of aromatic nitrogens is 2. The molecule has 0 unspecified atom stereocenters. The van der Waals surface area contributed by atoms with Crippen LogP contribution in [-0.2, 0) is 0 Å². The zero-order valence-corrected chi connectivity index (χ0v) is 10.1. The summed E-state index contributed by atoms with van der Waals surface area (Å²) in [6, 6.07) is 5.06. The highest BCUT2D eigenvalue weighted by molar-refractivity contribution is 5.39. The Hall–Kier alpha value is -2.10. The second-order valence-corrected chi connectivity index (χ2v) is 4.01. The Kier molecular flexibility index (Phi) is 2.95. The minimum atomic E-state index is 0.179. The number of aryl methyl sites for hydroxylation is 3. The molecule has 0 radical (unpaired) electrons. The summed E-state index contributed by atoms with van der Waals surface area (Å²) in [5.41, 5.74) is 2.44. The third kappa shape index (κ3) is 2.72. The van der Waals surface area contributed by atoms with Crippen molar-refractivity contribution in [3.63, 3.8) is 0 Å². The van der Waals surface area contributed by atoms with Crippen molar-refractivity contribution in [1.29, 1.82) is 0 Å². The molecule has 2 rings (SSSR count). The summed E-state index contributed by atoms with van der Waals surface area (Å²) < 4.78 is 5.62. The zero-order valence-electron chi connectivity index (χ0n) is 10.1. The van der Waals surface area contributed by atoms with Gasteiger partial charge in [0.1, 0.15) is 11.5 Å². The summed E-state index contributed by atoms with van der Waals surface area (Å²) in [5.74, 6) is 1.21. The van der Waals surface area contributed by atoms with E-state index in [-0.39, 0.29) is 5.75 Å². The van der Waals surface area contributed by atoms with Gasteiger partial charge in [-0.1, -0.05) is 0 Å². The maximum Gasteiger partial charge on any atom is 0.241 e. The molecule has 0 bridgehead atoms. The highest BCUT2D eigenvalue weighted by Gasteiger charge is 2.06. The maximum absolute atomic E-state index is 9.48. The molecule has 1 N–H and O–H groups in total. The third-order valence-corrected chi connectivity index (χ3v) is 2.28. The second kappa shape index (κ2) is 4.41. The number of phenols is 1. The van der Waals surface area contributed by atoms with Gasteiger partial charge < -0.3 is 9.84 Å². The first-order valence-electron chi connectivity index (χ1n) is 5.33. The zero-order chi connectivity index (χ0) is 12.4. The van der Waals surface area contributed by atoms with E-state index in [2.05, 4.69) is 9.97 Å². The molecule has 4 nitrogen and oxygen atoms in total. The van der Waals surface area contributed by atoms with E-state index in [1.165, 1.54) is 0 Å². The predicted octanol–water partition coefficient (Wildman–Crippen LogP) is 2.90. The molecule has 0 saturated heterocycles. The average molecular weight is 230 g/mol. The monoisotopic (exact) mass is 230 g/mol. The minimum absolute atomic E-state index is 0.179. The van der Waals surface area contributed by atoms with Crippen molar-refractivity contribution in [1.82, 2.24) is 9.97 Å². The number of aromatic hydroxyl groups is 1. The van der Waals surface area contributed by atoms with E-state index in [1.807, 2.05) is 26.8 Å². The molecule has 17 heavy (non-hydrogen) atoms. The van der Waals surface area contributed by atoms with Gasteiger partial charge in [0.15, 0.2) is 0 Å². The first kappa shape index (κ1) is 11.4. The largest absolute Gasteiger partial charge is 0.508 e. The molecule has 1 aromatic heterocycles. The van der Waals surface area contributed by atoms with Gasteiger partial charge in [-0.25, -0.2) is 4.98 Å². The van der Waals surface area contributed by atoms with Gasteiger partial charge in [0, 0.05) is 12.3 Å². The molecule has 0 aliphatic carbocycles. The lowest BCUT2D eigenvalue weighted by Crippen LogP contribution is -1.96. The van der Waals surface area contributed by atoms with Gasteiger partial charge in [0.25, 0.3) is 0 Å². The molecule has 0 saturated carbocycles. The SMILES string of the molecule is Cc1cc(O)cc(Oc2nc(C)cnc2C)c1. The standard InChI is InChI=1S/C13H14N2O2/c1-8-4-11(16)6-12(5-8)17-13-10(3)14-7-9(2)15-13/h4-7,16H,1-3H3. The first-order chi connectivity index (χ1) is 8.04. The van der Waals surface area contributed by atoms with Gasteiger partial charge in [0.05, 0.1) is 11.4 Å².